The Bertz CT molecular complexity index is 357. The van der Waals surface area contributed by atoms with Gasteiger partial charge in [0.05, 0.1) is 0 Å². The van der Waals surface area contributed by atoms with Crippen molar-refractivity contribution in [2.45, 2.75) is 26.3 Å². The van der Waals surface area contributed by atoms with E-state index in [9.17, 15) is 0 Å². The van der Waals surface area contributed by atoms with Gasteiger partial charge in [0.25, 0.3) is 0 Å². The standard InChI is InChI=1S/C12H16BrN/c1-12(2)7-8-4-5-9(13)6-10(8)11(12)14-3/h4-6,11,14H,7H2,1-3H3. The molecule has 0 spiro atoms. The van der Waals surface area contributed by atoms with Gasteiger partial charge in [0.15, 0.2) is 0 Å². The molecule has 2 heteroatoms. The molecule has 0 heterocycles. The van der Waals surface area contributed by atoms with Crippen LogP contribution in [-0.2, 0) is 6.42 Å². The average Bonchev–Trinajstić information content (AvgIpc) is 2.34. The zero-order valence-electron chi connectivity index (χ0n) is 8.89. The maximum atomic E-state index is 3.53. The monoisotopic (exact) mass is 253 g/mol. The molecule has 1 N–H and O–H groups in total. The summed E-state index contributed by atoms with van der Waals surface area (Å²) in [5.74, 6) is 0. The molecule has 1 nitrogen and oxygen atoms in total. The van der Waals surface area contributed by atoms with Gasteiger partial charge in [-0.2, -0.15) is 0 Å². The number of halogens is 1. The Labute approximate surface area is 94.0 Å². The van der Waals surface area contributed by atoms with Crippen LogP contribution in [0.2, 0.25) is 0 Å². The summed E-state index contributed by atoms with van der Waals surface area (Å²) in [6.45, 7) is 4.64. The first-order valence-corrected chi connectivity index (χ1v) is 5.79. The molecule has 0 aromatic heterocycles. The summed E-state index contributed by atoms with van der Waals surface area (Å²) < 4.78 is 1.18. The Morgan fingerprint density at radius 3 is 2.79 bits per heavy atom. The van der Waals surface area contributed by atoms with Gasteiger partial charge in [-0.3, -0.25) is 0 Å². The zero-order valence-corrected chi connectivity index (χ0v) is 10.5. The second-order valence-corrected chi connectivity index (χ2v) is 5.65. The highest BCUT2D eigenvalue weighted by Crippen LogP contribution is 2.45. The van der Waals surface area contributed by atoms with E-state index in [1.165, 1.54) is 22.0 Å². The molecule has 14 heavy (non-hydrogen) atoms. The van der Waals surface area contributed by atoms with Crippen molar-refractivity contribution < 1.29 is 0 Å². The summed E-state index contributed by atoms with van der Waals surface area (Å²) in [6, 6.07) is 7.09. The van der Waals surface area contributed by atoms with Gasteiger partial charge in [0, 0.05) is 10.5 Å². The third-order valence-electron chi connectivity index (χ3n) is 3.14. The van der Waals surface area contributed by atoms with Crippen LogP contribution in [0.3, 0.4) is 0 Å². The van der Waals surface area contributed by atoms with Crippen molar-refractivity contribution in [3.63, 3.8) is 0 Å². The minimum absolute atomic E-state index is 0.331. The summed E-state index contributed by atoms with van der Waals surface area (Å²) in [7, 11) is 2.04. The normalized spacial score (nSPS) is 23.6. The van der Waals surface area contributed by atoms with Crippen LogP contribution in [0, 0.1) is 5.41 Å². The third kappa shape index (κ3) is 1.51. The van der Waals surface area contributed by atoms with E-state index >= 15 is 0 Å². The highest BCUT2D eigenvalue weighted by molar-refractivity contribution is 9.10. The van der Waals surface area contributed by atoms with E-state index < -0.39 is 0 Å². The summed E-state index contributed by atoms with van der Waals surface area (Å²) >= 11 is 3.53. The molecule has 1 aliphatic carbocycles. The highest BCUT2D eigenvalue weighted by atomic mass is 79.9. The molecule has 0 bridgehead atoms. The van der Waals surface area contributed by atoms with E-state index in [0.717, 1.165) is 0 Å². The summed E-state index contributed by atoms with van der Waals surface area (Å²) in [4.78, 5) is 0. The Balaban J connectivity index is 2.49. The first-order valence-electron chi connectivity index (χ1n) is 5.00. The molecule has 0 aliphatic heterocycles. The van der Waals surface area contributed by atoms with Gasteiger partial charge in [0.2, 0.25) is 0 Å². The lowest BCUT2D eigenvalue weighted by Gasteiger charge is -2.27. The van der Waals surface area contributed by atoms with Gasteiger partial charge in [0.1, 0.15) is 0 Å². The van der Waals surface area contributed by atoms with Crippen molar-refractivity contribution >= 4 is 15.9 Å². The molecule has 0 amide bonds. The fraction of sp³-hybridized carbons (Fsp3) is 0.500. The van der Waals surface area contributed by atoms with Crippen LogP contribution >= 0.6 is 15.9 Å². The fourth-order valence-corrected chi connectivity index (χ4v) is 2.93. The van der Waals surface area contributed by atoms with Gasteiger partial charge in [-0.15, -0.1) is 0 Å². The lowest BCUT2D eigenvalue weighted by Crippen LogP contribution is -2.28. The van der Waals surface area contributed by atoms with E-state index in [1.807, 2.05) is 7.05 Å². The minimum Gasteiger partial charge on any atom is -0.313 e. The minimum atomic E-state index is 0.331. The Kier molecular flexibility index (Phi) is 2.44. The predicted molar refractivity (Wildman–Crippen MR) is 63.4 cm³/mol. The molecule has 0 saturated heterocycles. The van der Waals surface area contributed by atoms with Gasteiger partial charge >= 0.3 is 0 Å². The number of rotatable bonds is 1. The number of nitrogens with one attached hydrogen (secondary N) is 1. The summed E-state index contributed by atoms with van der Waals surface area (Å²) in [5, 5.41) is 3.42. The quantitative estimate of drug-likeness (QED) is 0.810. The van der Waals surface area contributed by atoms with Crippen LogP contribution in [0.25, 0.3) is 0 Å². The van der Waals surface area contributed by atoms with E-state index in [-0.39, 0.29) is 0 Å². The largest absolute Gasteiger partial charge is 0.313 e. The summed E-state index contributed by atoms with van der Waals surface area (Å²) in [5.41, 5.74) is 3.27. The summed E-state index contributed by atoms with van der Waals surface area (Å²) in [6.07, 6.45) is 1.17. The van der Waals surface area contributed by atoms with E-state index in [1.54, 1.807) is 0 Å². The first-order chi connectivity index (χ1) is 6.54. The second kappa shape index (κ2) is 3.35. The molecule has 2 rings (SSSR count). The molecular weight excluding hydrogens is 238 g/mol. The van der Waals surface area contributed by atoms with Crippen molar-refractivity contribution in [1.29, 1.82) is 0 Å². The SMILES string of the molecule is CNC1c2cc(Br)ccc2CC1(C)C. The first kappa shape index (κ1) is 10.2. The zero-order chi connectivity index (χ0) is 10.3. The van der Waals surface area contributed by atoms with Crippen molar-refractivity contribution in [3.8, 4) is 0 Å². The van der Waals surface area contributed by atoms with Crippen LogP contribution < -0.4 is 5.32 Å². The topological polar surface area (TPSA) is 12.0 Å². The highest BCUT2D eigenvalue weighted by Gasteiger charge is 2.37. The van der Waals surface area contributed by atoms with Crippen LogP contribution in [0.4, 0.5) is 0 Å². The molecule has 1 aliphatic rings. The maximum Gasteiger partial charge on any atom is 0.0375 e. The van der Waals surface area contributed by atoms with Crippen LogP contribution in [0.5, 0.6) is 0 Å². The van der Waals surface area contributed by atoms with Crippen molar-refractivity contribution in [2.24, 2.45) is 5.41 Å². The number of hydrogen-bond acceptors (Lipinski definition) is 1. The lowest BCUT2D eigenvalue weighted by atomic mass is 9.85. The van der Waals surface area contributed by atoms with Gasteiger partial charge in [-0.1, -0.05) is 35.8 Å². The molecule has 76 valence electrons. The van der Waals surface area contributed by atoms with Crippen LogP contribution in [-0.4, -0.2) is 7.05 Å². The molecule has 1 atom stereocenters. The van der Waals surface area contributed by atoms with Crippen LogP contribution in [0.15, 0.2) is 22.7 Å². The van der Waals surface area contributed by atoms with E-state index in [0.29, 0.717) is 11.5 Å². The predicted octanol–water partition coefficient (Wildman–Crippen LogP) is 3.29. The molecule has 0 saturated carbocycles. The number of benzene rings is 1. The van der Waals surface area contributed by atoms with Gasteiger partial charge < -0.3 is 5.32 Å². The van der Waals surface area contributed by atoms with Crippen molar-refractivity contribution in [2.75, 3.05) is 7.05 Å². The molecule has 1 aromatic carbocycles. The second-order valence-electron chi connectivity index (χ2n) is 4.73. The van der Waals surface area contributed by atoms with E-state index in [2.05, 4.69) is 53.3 Å². The Morgan fingerprint density at radius 1 is 1.43 bits per heavy atom. The van der Waals surface area contributed by atoms with E-state index in [4.69, 9.17) is 0 Å². The molecule has 0 radical (unpaired) electrons. The fourth-order valence-electron chi connectivity index (χ4n) is 2.56. The number of fused-ring (bicyclic) bond motifs is 1. The van der Waals surface area contributed by atoms with Crippen LogP contribution in [0.1, 0.15) is 31.0 Å². The maximum absolute atomic E-state index is 3.53. The molecule has 1 unspecified atom stereocenters. The van der Waals surface area contributed by atoms with Crippen molar-refractivity contribution in [1.82, 2.24) is 5.32 Å². The Hall–Kier alpha value is -0.340. The molecular formula is C12H16BrN. The van der Waals surface area contributed by atoms with Gasteiger partial charge in [-0.25, -0.2) is 0 Å². The number of hydrogen-bond donors (Lipinski definition) is 1. The van der Waals surface area contributed by atoms with Gasteiger partial charge in [-0.05, 0) is 42.1 Å². The lowest BCUT2D eigenvalue weighted by molar-refractivity contribution is 0.283. The van der Waals surface area contributed by atoms with Crippen molar-refractivity contribution in [3.05, 3.63) is 33.8 Å². The smallest absolute Gasteiger partial charge is 0.0375 e. The Morgan fingerprint density at radius 2 is 2.14 bits per heavy atom. The average molecular weight is 254 g/mol. The third-order valence-corrected chi connectivity index (χ3v) is 3.63. The molecule has 1 aromatic rings. The molecule has 0 fully saturated rings.